The number of sulfonamides is 1. The highest BCUT2D eigenvalue weighted by molar-refractivity contribution is 7.92. The first-order chi connectivity index (χ1) is 14.8. The highest BCUT2D eigenvalue weighted by Crippen LogP contribution is 2.27. The summed E-state index contributed by atoms with van der Waals surface area (Å²) in [6, 6.07) is 24.2. The number of rotatable bonds is 8. The van der Waals surface area contributed by atoms with Gasteiger partial charge in [-0.2, -0.15) is 0 Å². The Bertz CT molecular complexity index is 1100. The molecule has 0 saturated heterocycles. The number of carbonyl (C=O) groups excluding carboxylic acids is 1. The van der Waals surface area contributed by atoms with Crippen molar-refractivity contribution in [2.24, 2.45) is 0 Å². The standard InChI is InChI=1S/C24H26N2O4S/c1-18(20-10-6-4-7-11-20)25-24(27)19(2)26(31(3,28)29)21-14-16-23(17-15-21)30-22-12-8-5-9-13-22/h4-19H,1-3H3,(H,25,27)/t18-,19+/m0/s1. The van der Waals surface area contributed by atoms with E-state index in [-0.39, 0.29) is 11.9 Å². The van der Waals surface area contributed by atoms with Crippen LogP contribution in [0.15, 0.2) is 84.9 Å². The van der Waals surface area contributed by atoms with Crippen molar-refractivity contribution < 1.29 is 17.9 Å². The van der Waals surface area contributed by atoms with Gasteiger partial charge in [-0.3, -0.25) is 9.10 Å². The third kappa shape index (κ3) is 5.86. The monoisotopic (exact) mass is 438 g/mol. The maximum atomic E-state index is 12.9. The molecule has 3 aromatic rings. The second kappa shape index (κ2) is 9.66. The number of para-hydroxylation sites is 1. The zero-order chi connectivity index (χ0) is 22.4. The maximum Gasteiger partial charge on any atom is 0.244 e. The number of carbonyl (C=O) groups is 1. The van der Waals surface area contributed by atoms with Crippen LogP contribution in [0.4, 0.5) is 5.69 Å². The third-order valence-corrected chi connectivity index (χ3v) is 6.06. The molecule has 0 saturated carbocycles. The van der Waals surface area contributed by atoms with Gasteiger partial charge in [-0.05, 0) is 55.8 Å². The van der Waals surface area contributed by atoms with Gasteiger partial charge in [-0.1, -0.05) is 48.5 Å². The summed E-state index contributed by atoms with van der Waals surface area (Å²) in [5, 5.41) is 2.89. The van der Waals surface area contributed by atoms with Crippen molar-refractivity contribution in [3.8, 4) is 11.5 Å². The van der Waals surface area contributed by atoms with Gasteiger partial charge in [0, 0.05) is 0 Å². The number of hydrogen-bond acceptors (Lipinski definition) is 4. The topological polar surface area (TPSA) is 75.7 Å². The van der Waals surface area contributed by atoms with Crippen LogP contribution in [0, 0.1) is 0 Å². The number of nitrogens with zero attached hydrogens (tertiary/aromatic N) is 1. The van der Waals surface area contributed by atoms with Crippen molar-refractivity contribution in [2.75, 3.05) is 10.6 Å². The number of nitrogens with one attached hydrogen (secondary N) is 1. The molecule has 3 aromatic carbocycles. The molecule has 0 unspecified atom stereocenters. The van der Waals surface area contributed by atoms with E-state index >= 15 is 0 Å². The van der Waals surface area contributed by atoms with Crippen LogP contribution in [0.2, 0.25) is 0 Å². The van der Waals surface area contributed by atoms with E-state index in [4.69, 9.17) is 4.74 Å². The van der Waals surface area contributed by atoms with Crippen molar-refractivity contribution in [3.05, 3.63) is 90.5 Å². The van der Waals surface area contributed by atoms with Crippen LogP contribution in [0.3, 0.4) is 0 Å². The van der Waals surface area contributed by atoms with Crippen LogP contribution < -0.4 is 14.4 Å². The molecule has 0 spiro atoms. The van der Waals surface area contributed by atoms with Crippen LogP contribution in [0.1, 0.15) is 25.5 Å². The van der Waals surface area contributed by atoms with Crippen molar-refractivity contribution in [1.82, 2.24) is 5.32 Å². The Morgan fingerprint density at radius 3 is 1.90 bits per heavy atom. The van der Waals surface area contributed by atoms with E-state index < -0.39 is 16.1 Å². The quantitative estimate of drug-likeness (QED) is 0.561. The summed E-state index contributed by atoms with van der Waals surface area (Å²) in [5.41, 5.74) is 1.33. The molecule has 0 aliphatic carbocycles. The normalized spacial score (nSPS) is 13.1. The molecule has 7 heteroatoms. The first-order valence-electron chi connectivity index (χ1n) is 9.93. The number of benzene rings is 3. The Balaban J connectivity index is 1.77. The first-order valence-corrected chi connectivity index (χ1v) is 11.8. The Labute approximate surface area is 183 Å². The highest BCUT2D eigenvalue weighted by Gasteiger charge is 2.30. The average molecular weight is 439 g/mol. The Morgan fingerprint density at radius 2 is 1.35 bits per heavy atom. The Kier molecular flexibility index (Phi) is 6.97. The largest absolute Gasteiger partial charge is 0.457 e. The fourth-order valence-corrected chi connectivity index (χ4v) is 4.43. The molecule has 0 heterocycles. The van der Waals surface area contributed by atoms with Crippen molar-refractivity contribution >= 4 is 21.6 Å². The van der Waals surface area contributed by atoms with E-state index in [0.29, 0.717) is 17.2 Å². The molecule has 1 N–H and O–H groups in total. The summed E-state index contributed by atoms with van der Waals surface area (Å²) in [7, 11) is -3.70. The molecule has 1 amide bonds. The van der Waals surface area contributed by atoms with Gasteiger partial charge in [0.1, 0.15) is 17.5 Å². The lowest BCUT2D eigenvalue weighted by molar-refractivity contribution is -0.122. The Morgan fingerprint density at radius 1 is 0.839 bits per heavy atom. The first kappa shape index (κ1) is 22.4. The van der Waals surface area contributed by atoms with Crippen molar-refractivity contribution in [2.45, 2.75) is 25.9 Å². The van der Waals surface area contributed by atoms with E-state index in [1.165, 1.54) is 0 Å². The van der Waals surface area contributed by atoms with Gasteiger partial charge in [0.15, 0.2) is 0 Å². The summed E-state index contributed by atoms with van der Waals surface area (Å²) >= 11 is 0. The molecule has 3 rings (SSSR count). The molecule has 0 radical (unpaired) electrons. The molecule has 31 heavy (non-hydrogen) atoms. The van der Waals surface area contributed by atoms with E-state index in [1.807, 2.05) is 67.6 Å². The Hall–Kier alpha value is -3.32. The minimum Gasteiger partial charge on any atom is -0.457 e. The molecule has 162 valence electrons. The summed E-state index contributed by atoms with van der Waals surface area (Å²) in [5.74, 6) is 0.863. The van der Waals surface area contributed by atoms with Gasteiger partial charge in [-0.15, -0.1) is 0 Å². The van der Waals surface area contributed by atoms with Gasteiger partial charge >= 0.3 is 0 Å². The third-order valence-electron chi connectivity index (χ3n) is 4.82. The molecule has 2 atom stereocenters. The minimum atomic E-state index is -3.70. The molecule has 0 fully saturated rings. The van der Waals surface area contributed by atoms with Crippen molar-refractivity contribution in [1.29, 1.82) is 0 Å². The molecule has 0 aromatic heterocycles. The van der Waals surface area contributed by atoms with Crippen LogP contribution in [-0.2, 0) is 14.8 Å². The van der Waals surface area contributed by atoms with Gasteiger partial charge in [0.25, 0.3) is 0 Å². The molecular formula is C24H26N2O4S. The van der Waals surface area contributed by atoms with Crippen LogP contribution in [-0.4, -0.2) is 26.6 Å². The number of hydrogen-bond donors (Lipinski definition) is 1. The molecule has 0 aliphatic rings. The van der Waals surface area contributed by atoms with Gasteiger partial charge < -0.3 is 10.1 Å². The molecule has 0 bridgehead atoms. The SMILES string of the molecule is C[C@H](NC(=O)[C@@H](C)N(c1ccc(Oc2ccccc2)cc1)S(C)(=O)=O)c1ccccc1. The van der Waals surface area contributed by atoms with E-state index in [2.05, 4.69) is 5.32 Å². The van der Waals surface area contributed by atoms with Gasteiger partial charge in [0.05, 0.1) is 18.0 Å². The number of ether oxygens (including phenoxy) is 1. The zero-order valence-electron chi connectivity index (χ0n) is 17.7. The summed E-state index contributed by atoms with van der Waals surface area (Å²) in [4.78, 5) is 12.9. The fourth-order valence-electron chi connectivity index (χ4n) is 3.25. The average Bonchev–Trinajstić information content (AvgIpc) is 2.75. The summed E-state index contributed by atoms with van der Waals surface area (Å²) in [6.07, 6.45) is 1.09. The number of amides is 1. The predicted octanol–water partition coefficient (Wildman–Crippen LogP) is 4.51. The minimum absolute atomic E-state index is 0.251. The lowest BCUT2D eigenvalue weighted by Crippen LogP contribution is -2.48. The lowest BCUT2D eigenvalue weighted by Gasteiger charge is -2.29. The maximum absolute atomic E-state index is 12.9. The van der Waals surface area contributed by atoms with E-state index in [1.54, 1.807) is 31.2 Å². The molecule has 6 nitrogen and oxygen atoms in total. The van der Waals surface area contributed by atoms with Gasteiger partial charge in [0.2, 0.25) is 15.9 Å². The van der Waals surface area contributed by atoms with E-state index in [9.17, 15) is 13.2 Å². The fraction of sp³-hybridized carbons (Fsp3) is 0.208. The van der Waals surface area contributed by atoms with Gasteiger partial charge in [-0.25, -0.2) is 8.42 Å². The highest BCUT2D eigenvalue weighted by atomic mass is 32.2. The van der Waals surface area contributed by atoms with Crippen LogP contribution >= 0.6 is 0 Å². The van der Waals surface area contributed by atoms with E-state index in [0.717, 1.165) is 16.1 Å². The lowest BCUT2D eigenvalue weighted by atomic mass is 10.1. The smallest absolute Gasteiger partial charge is 0.244 e. The second-order valence-electron chi connectivity index (χ2n) is 7.28. The predicted molar refractivity (Wildman–Crippen MR) is 123 cm³/mol. The summed E-state index contributed by atoms with van der Waals surface area (Å²) in [6.45, 7) is 3.43. The molecular weight excluding hydrogens is 412 g/mol. The summed E-state index contributed by atoms with van der Waals surface area (Å²) < 4.78 is 31.9. The van der Waals surface area contributed by atoms with Crippen molar-refractivity contribution in [3.63, 3.8) is 0 Å². The van der Waals surface area contributed by atoms with Crippen LogP contribution in [0.5, 0.6) is 11.5 Å². The van der Waals surface area contributed by atoms with Crippen LogP contribution in [0.25, 0.3) is 0 Å². The molecule has 0 aliphatic heterocycles. The number of anilines is 1. The second-order valence-corrected chi connectivity index (χ2v) is 9.14. The zero-order valence-corrected chi connectivity index (χ0v) is 18.5.